The zero-order valence-electron chi connectivity index (χ0n) is 20.8. The van der Waals surface area contributed by atoms with Gasteiger partial charge in [0.15, 0.2) is 0 Å². The maximum atomic E-state index is 5.37. The van der Waals surface area contributed by atoms with Crippen molar-refractivity contribution in [1.29, 1.82) is 0 Å². The van der Waals surface area contributed by atoms with Crippen LogP contribution in [0.1, 0.15) is 37.8 Å². The molecule has 2 nitrogen and oxygen atoms in total. The van der Waals surface area contributed by atoms with Crippen LogP contribution in [0.25, 0.3) is 38.9 Å². The lowest BCUT2D eigenvalue weighted by atomic mass is 9.87. The molecule has 7 rings (SSSR count). The summed E-state index contributed by atoms with van der Waals surface area (Å²) in [5.74, 6) is 1.44. The predicted molar refractivity (Wildman–Crippen MR) is 153 cm³/mol. The first kappa shape index (κ1) is 21.7. The van der Waals surface area contributed by atoms with E-state index in [1.54, 1.807) is 0 Å². The Morgan fingerprint density at radius 3 is 2.44 bits per heavy atom. The van der Waals surface area contributed by atoms with Crippen molar-refractivity contribution >= 4 is 33.6 Å². The Balaban J connectivity index is 1.51. The van der Waals surface area contributed by atoms with Crippen LogP contribution in [0.2, 0.25) is 0 Å². The second kappa shape index (κ2) is 7.97. The van der Waals surface area contributed by atoms with Crippen LogP contribution in [-0.2, 0) is 5.41 Å². The van der Waals surface area contributed by atoms with E-state index in [4.69, 9.17) is 4.98 Å². The summed E-state index contributed by atoms with van der Waals surface area (Å²) in [5, 5.41) is 2.87. The average molecular weight is 485 g/mol. The monoisotopic (exact) mass is 484 g/mol. The number of hydrogen-bond acceptors (Lipinski definition) is 2. The maximum absolute atomic E-state index is 5.37. The summed E-state index contributed by atoms with van der Waals surface area (Å²) in [4.78, 5) is 6.72. The van der Waals surface area contributed by atoms with Crippen LogP contribution >= 0.6 is 11.8 Å². The van der Waals surface area contributed by atoms with E-state index in [1.807, 2.05) is 11.8 Å². The van der Waals surface area contributed by atoms with E-state index >= 15 is 0 Å². The fraction of sp³-hybridized carbons (Fsp3) is 0.182. The number of benzene rings is 4. The molecule has 4 aromatic carbocycles. The van der Waals surface area contributed by atoms with Gasteiger partial charge in [-0.1, -0.05) is 106 Å². The molecule has 0 N–H and O–H groups in total. The Bertz CT molecular complexity index is 1700. The van der Waals surface area contributed by atoms with Crippen LogP contribution in [0, 0.1) is 0 Å². The number of fused-ring (bicyclic) bond motifs is 6. The first-order valence-corrected chi connectivity index (χ1v) is 13.5. The molecule has 0 radical (unpaired) electrons. The van der Waals surface area contributed by atoms with Crippen molar-refractivity contribution in [3.05, 3.63) is 114 Å². The zero-order valence-corrected chi connectivity index (χ0v) is 21.6. The highest BCUT2D eigenvalue weighted by Crippen LogP contribution is 2.52. The molecule has 2 unspecified atom stereocenters. The topological polar surface area (TPSA) is 17.8 Å². The van der Waals surface area contributed by atoms with E-state index in [9.17, 15) is 0 Å². The molecule has 0 saturated heterocycles. The number of hydrogen-bond donors (Lipinski definition) is 0. The molecule has 2 heterocycles. The van der Waals surface area contributed by atoms with Gasteiger partial charge >= 0.3 is 0 Å². The zero-order chi connectivity index (χ0) is 24.4. The maximum Gasteiger partial charge on any atom is 0.146 e. The molecule has 1 aliphatic carbocycles. The number of imidazole rings is 1. The summed E-state index contributed by atoms with van der Waals surface area (Å²) >= 11 is 1.97. The van der Waals surface area contributed by atoms with Gasteiger partial charge in [-0.2, -0.15) is 0 Å². The second-order valence-electron chi connectivity index (χ2n) is 10.8. The van der Waals surface area contributed by atoms with Crippen LogP contribution in [-0.4, -0.2) is 14.8 Å². The molecule has 36 heavy (non-hydrogen) atoms. The molecule has 3 heteroatoms. The van der Waals surface area contributed by atoms with Crippen molar-refractivity contribution in [3.63, 3.8) is 0 Å². The predicted octanol–water partition coefficient (Wildman–Crippen LogP) is 8.83. The van der Waals surface area contributed by atoms with Gasteiger partial charge in [0, 0.05) is 32.7 Å². The van der Waals surface area contributed by atoms with E-state index < -0.39 is 0 Å². The van der Waals surface area contributed by atoms with E-state index in [0.29, 0.717) is 11.2 Å². The molecule has 0 fully saturated rings. The number of allylic oxidation sites excluding steroid dienone is 3. The third-order valence-electron chi connectivity index (χ3n) is 7.52. The van der Waals surface area contributed by atoms with Crippen LogP contribution in [0.4, 0.5) is 0 Å². The van der Waals surface area contributed by atoms with Crippen molar-refractivity contribution in [2.24, 2.45) is 0 Å². The molecular formula is C33H28N2S. The molecule has 2 atom stereocenters. The third kappa shape index (κ3) is 3.30. The molecule has 1 aliphatic heterocycles. The van der Waals surface area contributed by atoms with Gasteiger partial charge in [-0.25, -0.2) is 4.98 Å². The van der Waals surface area contributed by atoms with Gasteiger partial charge in [-0.05, 0) is 40.1 Å². The van der Waals surface area contributed by atoms with Crippen molar-refractivity contribution < 1.29 is 0 Å². The number of rotatable bonds is 2. The fourth-order valence-corrected chi connectivity index (χ4v) is 7.06. The Morgan fingerprint density at radius 1 is 0.806 bits per heavy atom. The molecule has 0 spiro atoms. The van der Waals surface area contributed by atoms with Gasteiger partial charge in [0.1, 0.15) is 5.82 Å². The summed E-state index contributed by atoms with van der Waals surface area (Å²) in [7, 11) is 0. The average Bonchev–Trinajstić information content (AvgIpc) is 3.47. The van der Waals surface area contributed by atoms with Crippen molar-refractivity contribution in [2.75, 3.05) is 0 Å². The first-order valence-electron chi connectivity index (χ1n) is 12.6. The van der Waals surface area contributed by atoms with Crippen LogP contribution in [0.15, 0.2) is 108 Å². The lowest BCUT2D eigenvalue weighted by Gasteiger charge is -2.20. The molecule has 176 valence electrons. The Hall–Kier alpha value is -3.56. The fourth-order valence-electron chi connectivity index (χ4n) is 5.61. The molecule has 2 aliphatic rings. The van der Waals surface area contributed by atoms with E-state index in [2.05, 4.69) is 129 Å². The largest absolute Gasteiger partial charge is 0.292 e. The van der Waals surface area contributed by atoms with E-state index in [-0.39, 0.29) is 5.41 Å². The standard InChI is InChI=1S/C33H28N2S/c1-33(2,3)22-16-18-23(19-17-22)35-28-20-15-21-9-4-5-10-24(21)30(28)34-32(35)27-13-8-12-26-25-11-6-7-14-29(25)36-31(26)27/h4-20,25,29H,1-3H3. The molecule has 5 aromatic rings. The van der Waals surface area contributed by atoms with Gasteiger partial charge in [0.2, 0.25) is 0 Å². The van der Waals surface area contributed by atoms with Gasteiger partial charge in [-0.3, -0.25) is 4.57 Å². The van der Waals surface area contributed by atoms with Crippen LogP contribution in [0.5, 0.6) is 0 Å². The summed E-state index contributed by atoms with van der Waals surface area (Å²) < 4.78 is 2.36. The summed E-state index contributed by atoms with van der Waals surface area (Å²) in [5.41, 5.74) is 7.42. The first-order chi connectivity index (χ1) is 17.5. The van der Waals surface area contributed by atoms with E-state index in [1.165, 1.54) is 32.4 Å². The molecule has 0 saturated carbocycles. The number of thioether (sulfide) groups is 1. The number of aromatic nitrogens is 2. The van der Waals surface area contributed by atoms with Crippen LogP contribution in [0.3, 0.4) is 0 Å². The lowest BCUT2D eigenvalue weighted by molar-refractivity contribution is 0.590. The number of nitrogens with zero attached hydrogens (tertiary/aromatic N) is 2. The normalized spacial score (nSPS) is 18.6. The summed E-state index contributed by atoms with van der Waals surface area (Å²) in [6, 6.07) is 28.8. The molecule has 0 bridgehead atoms. The van der Waals surface area contributed by atoms with Gasteiger partial charge < -0.3 is 0 Å². The van der Waals surface area contributed by atoms with Crippen LogP contribution < -0.4 is 0 Å². The minimum absolute atomic E-state index is 0.114. The Kier molecular flexibility index (Phi) is 4.81. The van der Waals surface area contributed by atoms with Crippen molar-refractivity contribution in [3.8, 4) is 17.1 Å². The van der Waals surface area contributed by atoms with Crippen molar-refractivity contribution in [2.45, 2.75) is 42.2 Å². The SMILES string of the molecule is CC(C)(C)c1ccc(-n2c(-c3cccc4c3SC3C=CC=CC43)nc3c4ccccc4ccc32)cc1. The Morgan fingerprint density at radius 2 is 1.61 bits per heavy atom. The van der Waals surface area contributed by atoms with Gasteiger partial charge in [-0.15, -0.1) is 11.8 Å². The highest BCUT2D eigenvalue weighted by Gasteiger charge is 2.34. The highest BCUT2D eigenvalue weighted by molar-refractivity contribution is 8.00. The Labute approximate surface area is 216 Å². The lowest BCUT2D eigenvalue weighted by Crippen LogP contribution is -2.11. The smallest absolute Gasteiger partial charge is 0.146 e. The minimum Gasteiger partial charge on any atom is -0.292 e. The minimum atomic E-state index is 0.114. The molecule has 0 amide bonds. The van der Waals surface area contributed by atoms with Gasteiger partial charge in [0.05, 0.1) is 11.0 Å². The van der Waals surface area contributed by atoms with E-state index in [0.717, 1.165) is 22.5 Å². The summed E-state index contributed by atoms with van der Waals surface area (Å²) in [6.07, 6.45) is 9.04. The van der Waals surface area contributed by atoms with Crippen molar-refractivity contribution in [1.82, 2.24) is 9.55 Å². The second-order valence-corrected chi connectivity index (χ2v) is 12.0. The highest BCUT2D eigenvalue weighted by atomic mass is 32.2. The molecule has 1 aromatic heterocycles. The summed E-state index contributed by atoms with van der Waals surface area (Å²) in [6.45, 7) is 6.79. The molecular weight excluding hydrogens is 456 g/mol. The third-order valence-corrected chi connectivity index (χ3v) is 8.94. The van der Waals surface area contributed by atoms with Gasteiger partial charge in [0.25, 0.3) is 0 Å². The quantitative estimate of drug-likeness (QED) is 0.249.